The van der Waals surface area contributed by atoms with Crippen molar-refractivity contribution in [2.45, 2.75) is 25.4 Å². The van der Waals surface area contributed by atoms with Crippen LogP contribution in [0.25, 0.3) is 16.0 Å². The van der Waals surface area contributed by atoms with Gasteiger partial charge >= 0.3 is 5.97 Å². The lowest BCUT2D eigenvalue weighted by atomic mass is 10.2. The number of hydrogen-bond donors (Lipinski definition) is 0. The van der Waals surface area contributed by atoms with Crippen LogP contribution in [0, 0.1) is 0 Å². The number of likely N-dealkylation sites (tertiary alicyclic amines) is 1. The lowest BCUT2D eigenvalue weighted by molar-refractivity contribution is -0.146. The molecule has 4 rings (SSSR count). The highest BCUT2D eigenvalue weighted by Crippen LogP contribution is 2.23. The second kappa shape index (κ2) is 5.67. The number of thiophene rings is 1. The molecule has 8 nitrogen and oxygen atoms in total. The number of methoxy groups -OCH3 is 1. The van der Waals surface area contributed by atoms with Crippen LogP contribution in [0.5, 0.6) is 0 Å². The summed E-state index contributed by atoms with van der Waals surface area (Å²) in [5.74, 6) is 1.02. The summed E-state index contributed by atoms with van der Waals surface area (Å²) in [4.78, 5) is 26.4. The van der Waals surface area contributed by atoms with E-state index < -0.39 is 0 Å². The predicted octanol–water partition coefficient (Wildman–Crippen LogP) is 0.780. The molecule has 0 aliphatic carbocycles. The summed E-state index contributed by atoms with van der Waals surface area (Å²) in [7, 11) is 3.11. The molecule has 1 unspecified atom stereocenters. The van der Waals surface area contributed by atoms with Crippen LogP contribution in [0.3, 0.4) is 0 Å². The smallest absolute Gasteiger partial charge is 0.323 e. The van der Waals surface area contributed by atoms with E-state index in [0.29, 0.717) is 17.0 Å². The van der Waals surface area contributed by atoms with E-state index in [-0.39, 0.29) is 17.6 Å². The monoisotopic (exact) mass is 347 g/mol. The molecule has 0 saturated carbocycles. The second-order valence-corrected chi connectivity index (χ2v) is 6.82. The Labute approximate surface area is 141 Å². The van der Waals surface area contributed by atoms with Crippen LogP contribution < -0.4 is 5.56 Å². The van der Waals surface area contributed by atoms with Crippen molar-refractivity contribution in [2.75, 3.05) is 13.7 Å². The topological polar surface area (TPSA) is 81.7 Å². The molecule has 0 N–H and O–H groups in total. The largest absolute Gasteiger partial charge is 0.468 e. The number of fused-ring (bicyclic) bond motifs is 3. The van der Waals surface area contributed by atoms with Gasteiger partial charge in [0.2, 0.25) is 5.78 Å². The second-order valence-electron chi connectivity index (χ2n) is 5.90. The third-order valence-electron chi connectivity index (χ3n) is 4.58. The standard InChI is InChI=1S/C15H17N5O3S/c1-18-13(21)12-9(5-7-24-12)20-11(16-17-15(18)20)8-19-6-3-4-10(19)14(22)23-2/h5,7,10H,3-4,6,8H2,1-2H3. The van der Waals surface area contributed by atoms with Gasteiger partial charge in [-0.3, -0.25) is 23.5 Å². The Kier molecular flexibility index (Phi) is 3.61. The van der Waals surface area contributed by atoms with Crippen molar-refractivity contribution < 1.29 is 9.53 Å². The maximum Gasteiger partial charge on any atom is 0.323 e. The highest BCUT2D eigenvalue weighted by atomic mass is 32.1. The van der Waals surface area contributed by atoms with Crippen molar-refractivity contribution in [1.82, 2.24) is 24.1 Å². The quantitative estimate of drug-likeness (QED) is 0.651. The highest BCUT2D eigenvalue weighted by molar-refractivity contribution is 7.17. The molecule has 4 heterocycles. The molecule has 1 saturated heterocycles. The van der Waals surface area contributed by atoms with Crippen LogP contribution >= 0.6 is 11.3 Å². The van der Waals surface area contributed by atoms with Gasteiger partial charge in [-0.1, -0.05) is 0 Å². The molecule has 1 atom stereocenters. The normalized spacial score (nSPS) is 18.7. The zero-order valence-electron chi connectivity index (χ0n) is 13.4. The number of carbonyl (C=O) groups is 1. The molecule has 9 heteroatoms. The molecule has 1 aliphatic heterocycles. The van der Waals surface area contributed by atoms with Crippen molar-refractivity contribution in [3.8, 4) is 0 Å². The molecule has 0 spiro atoms. The molecule has 0 amide bonds. The average molecular weight is 347 g/mol. The maximum atomic E-state index is 12.4. The van der Waals surface area contributed by atoms with E-state index in [1.54, 1.807) is 7.05 Å². The number of nitrogens with zero attached hydrogens (tertiary/aromatic N) is 5. The summed E-state index contributed by atoms with van der Waals surface area (Å²) in [6, 6.07) is 1.66. The number of carbonyl (C=O) groups excluding carboxylic acids is 1. The van der Waals surface area contributed by atoms with Gasteiger partial charge in [0.1, 0.15) is 10.7 Å². The van der Waals surface area contributed by atoms with Crippen LogP contribution in [0.15, 0.2) is 16.2 Å². The molecular formula is C15H17N5O3S. The third kappa shape index (κ3) is 2.15. The number of rotatable bonds is 3. The van der Waals surface area contributed by atoms with E-state index >= 15 is 0 Å². The minimum atomic E-state index is -0.243. The van der Waals surface area contributed by atoms with Crippen LogP contribution in [-0.2, 0) is 23.1 Å². The number of aromatic nitrogens is 4. The van der Waals surface area contributed by atoms with Crippen molar-refractivity contribution in [2.24, 2.45) is 7.05 Å². The van der Waals surface area contributed by atoms with Crippen LogP contribution in [0.4, 0.5) is 0 Å². The molecule has 126 valence electrons. The Bertz CT molecular complexity index is 988. The summed E-state index contributed by atoms with van der Waals surface area (Å²) >= 11 is 1.41. The van der Waals surface area contributed by atoms with Gasteiger partial charge in [-0.2, -0.15) is 0 Å². The van der Waals surface area contributed by atoms with Crippen LogP contribution in [0.1, 0.15) is 18.7 Å². The molecule has 0 aromatic carbocycles. The van der Waals surface area contributed by atoms with Gasteiger partial charge in [-0.15, -0.1) is 21.5 Å². The molecule has 3 aromatic heterocycles. The molecule has 24 heavy (non-hydrogen) atoms. The van der Waals surface area contributed by atoms with Crippen molar-refractivity contribution >= 4 is 33.3 Å². The Balaban J connectivity index is 1.81. The first-order chi connectivity index (χ1) is 11.6. The fourth-order valence-corrected chi connectivity index (χ4v) is 4.21. The molecule has 0 radical (unpaired) electrons. The number of ether oxygens (including phenoxy) is 1. The third-order valence-corrected chi connectivity index (χ3v) is 5.47. The van der Waals surface area contributed by atoms with Gasteiger partial charge in [0.15, 0.2) is 5.82 Å². The molecule has 1 fully saturated rings. The first-order valence-corrected chi connectivity index (χ1v) is 8.62. The average Bonchev–Trinajstić information content (AvgIpc) is 3.31. The maximum absolute atomic E-state index is 12.4. The SMILES string of the molecule is COC(=O)C1CCCN1Cc1nnc2n(C)c(=O)c3sccc3n12. The lowest BCUT2D eigenvalue weighted by Gasteiger charge is -2.21. The molecular weight excluding hydrogens is 330 g/mol. The summed E-state index contributed by atoms with van der Waals surface area (Å²) in [6.45, 7) is 1.30. The fourth-order valence-electron chi connectivity index (χ4n) is 3.36. The summed E-state index contributed by atoms with van der Waals surface area (Å²) in [5, 5.41) is 10.3. The zero-order valence-corrected chi connectivity index (χ0v) is 14.2. The Morgan fingerprint density at radius 1 is 1.46 bits per heavy atom. The number of aryl methyl sites for hydroxylation is 1. The first kappa shape index (κ1) is 15.3. The fraction of sp³-hybridized carbons (Fsp3) is 0.467. The van der Waals surface area contributed by atoms with E-state index in [0.717, 1.165) is 30.7 Å². The molecule has 3 aromatic rings. The van der Waals surface area contributed by atoms with E-state index in [2.05, 4.69) is 15.1 Å². The summed E-state index contributed by atoms with van der Waals surface area (Å²) in [6.07, 6.45) is 1.73. The minimum Gasteiger partial charge on any atom is -0.468 e. The Morgan fingerprint density at radius 3 is 3.08 bits per heavy atom. The van der Waals surface area contributed by atoms with Crippen molar-refractivity contribution in [3.05, 3.63) is 27.6 Å². The van der Waals surface area contributed by atoms with Gasteiger partial charge < -0.3 is 4.74 Å². The Hall–Kier alpha value is -2.26. The molecule has 0 bridgehead atoms. The van der Waals surface area contributed by atoms with Crippen LogP contribution in [0.2, 0.25) is 0 Å². The summed E-state index contributed by atoms with van der Waals surface area (Å²) in [5.41, 5.74) is 0.743. The van der Waals surface area contributed by atoms with E-state index in [4.69, 9.17) is 4.74 Å². The van der Waals surface area contributed by atoms with E-state index in [9.17, 15) is 9.59 Å². The minimum absolute atomic E-state index is 0.0694. The Morgan fingerprint density at radius 2 is 2.29 bits per heavy atom. The highest BCUT2D eigenvalue weighted by Gasteiger charge is 2.32. The number of esters is 1. The summed E-state index contributed by atoms with van der Waals surface area (Å²) < 4.78 is 8.99. The molecule has 1 aliphatic rings. The first-order valence-electron chi connectivity index (χ1n) is 7.74. The van der Waals surface area contributed by atoms with Gasteiger partial charge in [0, 0.05) is 7.05 Å². The zero-order chi connectivity index (χ0) is 16.8. The van der Waals surface area contributed by atoms with Gasteiger partial charge in [-0.05, 0) is 30.8 Å². The lowest BCUT2D eigenvalue weighted by Crippen LogP contribution is -2.36. The van der Waals surface area contributed by atoms with Crippen molar-refractivity contribution in [3.63, 3.8) is 0 Å². The number of hydrogen-bond acceptors (Lipinski definition) is 7. The predicted molar refractivity (Wildman–Crippen MR) is 89.1 cm³/mol. The van der Waals surface area contributed by atoms with Gasteiger partial charge in [0.25, 0.3) is 5.56 Å². The van der Waals surface area contributed by atoms with Gasteiger partial charge in [-0.25, -0.2) is 0 Å². The van der Waals surface area contributed by atoms with E-state index in [1.165, 1.54) is 23.0 Å². The van der Waals surface area contributed by atoms with Crippen LogP contribution in [-0.4, -0.2) is 49.7 Å². The van der Waals surface area contributed by atoms with Gasteiger partial charge in [0.05, 0.1) is 19.2 Å². The van der Waals surface area contributed by atoms with E-state index in [1.807, 2.05) is 15.8 Å². The van der Waals surface area contributed by atoms with Crippen molar-refractivity contribution in [1.29, 1.82) is 0 Å².